The van der Waals surface area contributed by atoms with Crippen LogP contribution in [0.25, 0.3) is 42.2 Å². The van der Waals surface area contributed by atoms with Gasteiger partial charge in [0.25, 0.3) is 0 Å². The van der Waals surface area contributed by atoms with Crippen LogP contribution in [0.5, 0.6) is 0 Å². The predicted molar refractivity (Wildman–Crippen MR) is 129 cm³/mol. The summed E-state index contributed by atoms with van der Waals surface area (Å²) in [4.78, 5) is 4.66. The topological polar surface area (TPSA) is 12.9 Å². The van der Waals surface area contributed by atoms with E-state index in [-0.39, 0.29) is 4.70 Å². The van der Waals surface area contributed by atoms with Gasteiger partial charge in [-0.1, -0.05) is 43.5 Å². The summed E-state index contributed by atoms with van der Waals surface area (Å²) < 4.78 is 42.1. The number of thiophene rings is 1. The van der Waals surface area contributed by atoms with E-state index in [9.17, 15) is 13.2 Å². The normalized spacial score (nSPS) is 15.4. The van der Waals surface area contributed by atoms with Crippen molar-refractivity contribution >= 4 is 42.3 Å². The highest BCUT2D eigenvalue weighted by atomic mass is 32.1. The van der Waals surface area contributed by atoms with Crippen LogP contribution in [-0.2, 0) is 6.18 Å². The van der Waals surface area contributed by atoms with Gasteiger partial charge in [-0.2, -0.15) is 13.2 Å². The SMILES string of the molecule is FC(F)(F)c1cccc2c1sc1c(-c3cc(C4CCCCC4)c4ccc#cc4c3)nccc12. The second-order valence-electron chi connectivity index (χ2n) is 8.78. The van der Waals surface area contributed by atoms with E-state index in [0.717, 1.165) is 45.6 Å². The van der Waals surface area contributed by atoms with Crippen molar-refractivity contribution in [3.8, 4) is 11.3 Å². The maximum absolute atomic E-state index is 13.7. The standard InChI is InChI=1S/C28H20F3NS/c29-28(30,31)24-12-6-11-21-22-13-14-32-25(27(22)33-26(21)24)19-15-18-9-4-5-10-20(18)23(16-19)17-7-2-1-3-8-17/h5-6,10-17H,1-3,7-8H2. The van der Waals surface area contributed by atoms with Crippen molar-refractivity contribution in [3.63, 3.8) is 0 Å². The molecule has 0 amide bonds. The number of pyridine rings is 1. The second-order valence-corrected chi connectivity index (χ2v) is 9.80. The summed E-state index contributed by atoms with van der Waals surface area (Å²) in [5.41, 5.74) is 2.38. The third-order valence-corrected chi connectivity index (χ3v) is 8.05. The molecule has 1 saturated carbocycles. The maximum atomic E-state index is 13.7. The van der Waals surface area contributed by atoms with E-state index >= 15 is 0 Å². The summed E-state index contributed by atoms with van der Waals surface area (Å²) in [6, 6.07) is 20.8. The zero-order chi connectivity index (χ0) is 22.6. The lowest BCUT2D eigenvalue weighted by Gasteiger charge is -2.24. The van der Waals surface area contributed by atoms with Crippen molar-refractivity contribution < 1.29 is 13.2 Å². The van der Waals surface area contributed by atoms with Crippen LogP contribution in [0.2, 0.25) is 0 Å². The Bertz CT molecular complexity index is 1490. The molecule has 164 valence electrons. The highest BCUT2D eigenvalue weighted by Crippen LogP contribution is 2.45. The largest absolute Gasteiger partial charge is 0.417 e. The number of nitrogens with zero attached hydrogens (tertiary/aromatic N) is 1. The molecular weight excluding hydrogens is 439 g/mol. The number of hydrogen-bond acceptors (Lipinski definition) is 2. The molecule has 0 spiro atoms. The number of aromatic nitrogens is 1. The quantitative estimate of drug-likeness (QED) is 0.257. The first kappa shape index (κ1) is 20.5. The van der Waals surface area contributed by atoms with Crippen LogP contribution in [0.1, 0.15) is 49.1 Å². The molecule has 5 aromatic rings. The van der Waals surface area contributed by atoms with Crippen LogP contribution in [0, 0.1) is 12.1 Å². The van der Waals surface area contributed by atoms with Crippen molar-refractivity contribution in [3.05, 3.63) is 78.0 Å². The van der Waals surface area contributed by atoms with Gasteiger partial charge < -0.3 is 0 Å². The summed E-state index contributed by atoms with van der Waals surface area (Å²) in [7, 11) is 0. The Balaban J connectivity index is 1.61. The fraction of sp³-hybridized carbons (Fsp3) is 0.250. The van der Waals surface area contributed by atoms with Crippen molar-refractivity contribution in [2.45, 2.75) is 44.2 Å². The average molecular weight is 460 g/mol. The Hall–Kier alpha value is -3.10. The molecule has 1 fully saturated rings. The molecule has 0 radical (unpaired) electrons. The van der Waals surface area contributed by atoms with Crippen LogP contribution in [-0.4, -0.2) is 4.98 Å². The number of hydrogen-bond donors (Lipinski definition) is 0. The summed E-state index contributed by atoms with van der Waals surface area (Å²) in [6.07, 6.45) is 3.36. The molecule has 5 heteroatoms. The number of halogens is 3. The number of alkyl halides is 3. The monoisotopic (exact) mass is 459 g/mol. The number of rotatable bonds is 2. The van der Waals surface area contributed by atoms with Gasteiger partial charge in [0.15, 0.2) is 0 Å². The summed E-state index contributed by atoms with van der Waals surface area (Å²) in [5, 5.41) is 3.61. The van der Waals surface area contributed by atoms with Crippen molar-refractivity contribution in [1.29, 1.82) is 0 Å². The lowest BCUT2D eigenvalue weighted by atomic mass is 9.81. The highest BCUT2D eigenvalue weighted by Gasteiger charge is 2.33. The van der Waals surface area contributed by atoms with Crippen LogP contribution in [0.4, 0.5) is 13.2 Å². The van der Waals surface area contributed by atoms with Gasteiger partial charge in [0.2, 0.25) is 0 Å². The maximum Gasteiger partial charge on any atom is 0.417 e. The third kappa shape index (κ3) is 3.45. The molecule has 2 heterocycles. The molecule has 3 aromatic carbocycles. The molecule has 33 heavy (non-hydrogen) atoms. The molecule has 0 saturated heterocycles. The van der Waals surface area contributed by atoms with Crippen molar-refractivity contribution in [2.24, 2.45) is 0 Å². The van der Waals surface area contributed by atoms with E-state index in [1.807, 2.05) is 12.1 Å². The van der Waals surface area contributed by atoms with Gasteiger partial charge in [0, 0.05) is 32.6 Å². The lowest BCUT2D eigenvalue weighted by Crippen LogP contribution is -2.05. The zero-order valence-electron chi connectivity index (χ0n) is 17.8. The minimum absolute atomic E-state index is 0.266. The van der Waals surface area contributed by atoms with Crippen LogP contribution in [0.15, 0.2) is 54.7 Å². The average Bonchev–Trinajstić information content (AvgIpc) is 3.22. The van der Waals surface area contributed by atoms with E-state index < -0.39 is 11.7 Å². The van der Waals surface area contributed by atoms with Crippen molar-refractivity contribution in [2.75, 3.05) is 0 Å². The van der Waals surface area contributed by atoms with Gasteiger partial charge in [0.05, 0.1) is 16.0 Å². The smallest absolute Gasteiger partial charge is 0.255 e. The molecule has 1 aliphatic carbocycles. The van der Waals surface area contributed by atoms with E-state index in [4.69, 9.17) is 0 Å². The first-order chi connectivity index (χ1) is 16.0. The fourth-order valence-corrected chi connectivity index (χ4v) is 6.59. The molecule has 1 nitrogen and oxygen atoms in total. The summed E-state index contributed by atoms with van der Waals surface area (Å²) >= 11 is 1.18. The van der Waals surface area contributed by atoms with Crippen LogP contribution in [0.3, 0.4) is 0 Å². The molecule has 0 atom stereocenters. The molecule has 0 aliphatic heterocycles. The van der Waals surface area contributed by atoms with Gasteiger partial charge in [-0.3, -0.25) is 4.98 Å². The molecule has 0 N–H and O–H groups in total. The van der Waals surface area contributed by atoms with Crippen LogP contribution >= 0.6 is 11.3 Å². The van der Waals surface area contributed by atoms with Gasteiger partial charge in [-0.15, -0.1) is 11.3 Å². The van der Waals surface area contributed by atoms with Crippen molar-refractivity contribution in [1.82, 2.24) is 4.98 Å². The molecule has 6 rings (SSSR count). The molecule has 2 aromatic heterocycles. The Labute approximate surface area is 193 Å². The minimum atomic E-state index is -4.39. The third-order valence-electron chi connectivity index (χ3n) is 6.79. The minimum Gasteiger partial charge on any atom is -0.255 e. The first-order valence-electron chi connectivity index (χ1n) is 11.2. The zero-order valence-corrected chi connectivity index (χ0v) is 18.6. The van der Waals surface area contributed by atoms with E-state index in [2.05, 4.69) is 35.3 Å². The highest BCUT2D eigenvalue weighted by molar-refractivity contribution is 7.26. The molecule has 0 unspecified atom stereocenters. The number of benzene rings is 2. The van der Waals surface area contributed by atoms with E-state index in [0.29, 0.717) is 11.3 Å². The van der Waals surface area contributed by atoms with Gasteiger partial charge in [-0.05, 0) is 66.1 Å². The summed E-state index contributed by atoms with van der Waals surface area (Å²) in [6.45, 7) is 0. The van der Waals surface area contributed by atoms with E-state index in [1.54, 1.807) is 12.3 Å². The molecule has 1 aliphatic rings. The summed E-state index contributed by atoms with van der Waals surface area (Å²) in [5.74, 6) is 0.482. The molecular formula is C28H20F3NS. The Kier molecular flexibility index (Phi) is 4.81. The van der Waals surface area contributed by atoms with Crippen LogP contribution < -0.4 is 0 Å². The first-order valence-corrected chi connectivity index (χ1v) is 12.1. The molecule has 0 bridgehead atoms. The second kappa shape index (κ2) is 7.74. The Morgan fingerprint density at radius 3 is 2.55 bits per heavy atom. The van der Waals surface area contributed by atoms with Gasteiger partial charge in [-0.25, -0.2) is 0 Å². The Morgan fingerprint density at radius 1 is 0.909 bits per heavy atom. The van der Waals surface area contributed by atoms with Gasteiger partial charge in [0.1, 0.15) is 0 Å². The number of fused-ring (bicyclic) bond motifs is 4. The predicted octanol–water partition coefficient (Wildman–Crippen LogP) is 8.94. The lowest BCUT2D eigenvalue weighted by molar-refractivity contribution is -0.136. The van der Waals surface area contributed by atoms with Gasteiger partial charge >= 0.3 is 6.18 Å². The Morgan fingerprint density at radius 2 is 1.73 bits per heavy atom. The van der Waals surface area contributed by atoms with E-state index in [1.165, 1.54) is 47.6 Å². The fourth-order valence-electron chi connectivity index (χ4n) is 5.25.